The van der Waals surface area contributed by atoms with E-state index in [1.165, 1.54) is 6.92 Å². The van der Waals surface area contributed by atoms with Gasteiger partial charge in [0.05, 0.1) is 19.3 Å². The lowest BCUT2D eigenvalue weighted by Gasteiger charge is -2.51. The van der Waals surface area contributed by atoms with Crippen LogP contribution in [0.3, 0.4) is 0 Å². The molecule has 3 fully saturated rings. The van der Waals surface area contributed by atoms with E-state index in [9.17, 15) is 74.3 Å². The number of ether oxygens (including phenoxy) is 5. The van der Waals surface area contributed by atoms with Crippen molar-refractivity contribution in [1.82, 2.24) is 4.90 Å². The second-order valence-electron chi connectivity index (χ2n) is 11.5. The number of rotatable bonds is 15. The molecule has 0 aromatic rings. The summed E-state index contributed by atoms with van der Waals surface area (Å²) in [5, 5.41) is 62.6. The van der Waals surface area contributed by atoms with Crippen molar-refractivity contribution in [3.05, 3.63) is 0 Å². The van der Waals surface area contributed by atoms with Crippen molar-refractivity contribution in [1.29, 1.82) is 0 Å². The van der Waals surface area contributed by atoms with Crippen molar-refractivity contribution in [2.75, 3.05) is 19.8 Å². The number of amides is 1. The molecule has 9 N–H and O–H groups in total. The molecule has 3 saturated heterocycles. The molecule has 15 atom stereocenters. The molecular formula is C23H41NO24S3. The predicted octanol–water partition coefficient (Wildman–Crippen LogP) is -5.80. The van der Waals surface area contributed by atoms with Crippen molar-refractivity contribution < 1.29 is 111 Å². The molecule has 3 aliphatic rings. The largest absolute Gasteiger partial charge is 0.397 e. The quantitative estimate of drug-likeness (QED) is 0.0695. The molecule has 300 valence electrons. The third-order valence-corrected chi connectivity index (χ3v) is 9.30. The molecule has 0 aromatic carbocycles. The van der Waals surface area contributed by atoms with E-state index >= 15 is 0 Å². The third kappa shape index (κ3) is 11.3. The van der Waals surface area contributed by atoms with Gasteiger partial charge in [-0.05, 0) is 13.3 Å². The van der Waals surface area contributed by atoms with Gasteiger partial charge in [0.2, 0.25) is 5.91 Å². The van der Waals surface area contributed by atoms with Crippen molar-refractivity contribution in [2.24, 2.45) is 0 Å². The normalized spacial score (nSPS) is 39.8. The predicted molar refractivity (Wildman–Crippen MR) is 157 cm³/mol. The number of carbonyl (C=O) groups is 1. The summed E-state index contributed by atoms with van der Waals surface area (Å²) in [4.78, 5) is 13.8. The maximum Gasteiger partial charge on any atom is 0.397 e. The fourth-order valence-corrected chi connectivity index (χ4v) is 7.28. The van der Waals surface area contributed by atoms with E-state index in [-0.39, 0.29) is 13.0 Å². The minimum atomic E-state index is -5.76. The van der Waals surface area contributed by atoms with E-state index < -0.39 is 142 Å². The molecule has 51 heavy (non-hydrogen) atoms. The molecule has 28 heteroatoms. The Bertz CT molecular complexity index is 1500. The first kappa shape index (κ1) is 44.0. The van der Waals surface area contributed by atoms with E-state index in [1.807, 2.05) is 0 Å². The average molecular weight is 812 g/mol. The van der Waals surface area contributed by atoms with Crippen LogP contribution in [0.15, 0.2) is 0 Å². The highest BCUT2D eigenvalue weighted by atomic mass is 32.3. The monoisotopic (exact) mass is 811 g/mol. The summed E-state index contributed by atoms with van der Waals surface area (Å²) < 4.78 is 140. The molecule has 0 unspecified atom stereocenters. The summed E-state index contributed by atoms with van der Waals surface area (Å²) in [6.07, 6.45) is -29.1. The maximum absolute atomic E-state index is 12.8. The Hall–Kier alpha value is -1.36. The second-order valence-corrected chi connectivity index (χ2v) is 14.7. The van der Waals surface area contributed by atoms with Gasteiger partial charge in [0.15, 0.2) is 25.0 Å². The van der Waals surface area contributed by atoms with Crippen LogP contribution >= 0.6 is 0 Å². The Morgan fingerprint density at radius 2 is 1.16 bits per heavy atom. The van der Waals surface area contributed by atoms with Crippen molar-refractivity contribution in [3.8, 4) is 0 Å². The molecule has 3 rings (SSSR count). The number of hydrogen-bond acceptors (Lipinski definition) is 21. The molecule has 0 aliphatic carbocycles. The van der Waals surface area contributed by atoms with Crippen LogP contribution < -0.4 is 0 Å². The maximum atomic E-state index is 12.8. The first-order chi connectivity index (χ1) is 23.4. The fraction of sp³-hybridized carbons (Fsp3) is 0.957. The molecule has 0 bridgehead atoms. The second kappa shape index (κ2) is 17.4. The number of nitrogens with zero attached hydrogens (tertiary/aromatic N) is 1. The molecule has 1 amide bonds. The smallest absolute Gasteiger partial charge is 0.394 e. The fourth-order valence-electron chi connectivity index (χ4n) is 5.78. The van der Waals surface area contributed by atoms with Gasteiger partial charge in [-0.1, -0.05) is 6.92 Å². The van der Waals surface area contributed by atoms with Gasteiger partial charge in [-0.3, -0.25) is 18.5 Å². The summed E-state index contributed by atoms with van der Waals surface area (Å²) in [6, 6.07) is -1.69. The molecule has 0 saturated carbocycles. The first-order valence-electron chi connectivity index (χ1n) is 14.9. The number of carbonyl (C=O) groups excluding carboxylic acids is 1. The van der Waals surface area contributed by atoms with Gasteiger partial charge < -0.3 is 59.2 Å². The minimum Gasteiger partial charge on any atom is -0.394 e. The summed E-state index contributed by atoms with van der Waals surface area (Å²) in [7, 11) is -17.2. The van der Waals surface area contributed by atoms with E-state index in [0.29, 0.717) is 0 Å². The molecule has 25 nitrogen and oxygen atoms in total. The lowest BCUT2D eigenvalue weighted by Crippen LogP contribution is -2.70. The first-order valence-corrected chi connectivity index (χ1v) is 19.0. The molecular weight excluding hydrogens is 770 g/mol. The van der Waals surface area contributed by atoms with Gasteiger partial charge in [-0.25, -0.2) is 12.5 Å². The van der Waals surface area contributed by atoms with Gasteiger partial charge in [-0.15, -0.1) is 0 Å². The Balaban J connectivity index is 2.22. The lowest BCUT2D eigenvalue weighted by molar-refractivity contribution is -0.372. The SMILES string of the molecule is CCCN(C(C)=O)[C@@H]1[C@@H](O[C@@H]2O[C@@H](C)[C@@H](O)[C@@H](O)[C@@H]2O)[C@H](O[C@@H]2O[C@H](CO)[C@H](OS(=O)(=O)O)[C@H](OS(=O)(=O)O)[C@H]2OS(=O)(=O)O)[C@@H](CO)O[C@H]1O. The molecule has 0 aromatic heterocycles. The van der Waals surface area contributed by atoms with Crippen LogP contribution in [0, 0.1) is 0 Å². The van der Waals surface area contributed by atoms with Crippen LogP contribution in [0.4, 0.5) is 0 Å². The van der Waals surface area contributed by atoms with Gasteiger partial charge in [-0.2, -0.15) is 25.3 Å². The zero-order valence-corrected chi connectivity index (χ0v) is 29.3. The van der Waals surface area contributed by atoms with Gasteiger partial charge in [0.1, 0.15) is 61.0 Å². The summed E-state index contributed by atoms with van der Waals surface area (Å²) in [5.74, 6) is -0.720. The molecule has 0 spiro atoms. The van der Waals surface area contributed by atoms with Crippen LogP contribution in [-0.2, 0) is 72.2 Å². The van der Waals surface area contributed by atoms with E-state index in [0.717, 1.165) is 11.8 Å². The van der Waals surface area contributed by atoms with Crippen LogP contribution in [-0.4, -0.2) is 192 Å². The average Bonchev–Trinajstić information content (AvgIpc) is 2.99. The highest BCUT2D eigenvalue weighted by molar-refractivity contribution is 7.81. The van der Waals surface area contributed by atoms with Crippen LogP contribution in [0.5, 0.6) is 0 Å². The van der Waals surface area contributed by atoms with Gasteiger partial charge in [0.25, 0.3) is 0 Å². The number of hydrogen-bond donors (Lipinski definition) is 9. The summed E-state index contributed by atoms with van der Waals surface area (Å²) in [6.45, 7) is 1.39. The van der Waals surface area contributed by atoms with Crippen molar-refractivity contribution >= 4 is 37.1 Å². The molecule has 3 aliphatic heterocycles. The van der Waals surface area contributed by atoms with Gasteiger partial charge in [0, 0.05) is 13.5 Å². The van der Waals surface area contributed by atoms with Crippen LogP contribution in [0.25, 0.3) is 0 Å². The molecule has 0 radical (unpaired) electrons. The summed E-state index contributed by atoms with van der Waals surface area (Å²) in [5.41, 5.74) is 0. The standard InChI is InChI=1S/C23H41NO24S3/c1-4-5-24(9(3)27)12-18(45-22-15(30)14(29)13(28)8(2)41-22)16(10(6-25)42-21(12)31)44-23-20(48-51(38,39)40)19(47-50(35,36)37)17(11(7-26)43-23)46-49(32,33)34/h8,10-23,25-26,28-31H,4-7H2,1-3H3,(H,32,33,34)(H,35,36,37)(H,38,39,40)/t8-,10+,11+,12+,13+,14+,15-,16+,17-,18+,19-,20+,21+,22-,23-/m0/s1. The Kier molecular flexibility index (Phi) is 15.0. The minimum absolute atomic E-state index is 0.122. The van der Waals surface area contributed by atoms with Crippen LogP contribution in [0.2, 0.25) is 0 Å². The molecule has 3 heterocycles. The van der Waals surface area contributed by atoms with Gasteiger partial charge >= 0.3 is 31.2 Å². The van der Waals surface area contributed by atoms with E-state index in [4.69, 9.17) is 23.7 Å². The number of aliphatic hydroxyl groups is 6. The highest BCUT2D eigenvalue weighted by Crippen LogP contribution is 2.37. The zero-order valence-electron chi connectivity index (χ0n) is 26.8. The Morgan fingerprint density at radius 3 is 1.65 bits per heavy atom. The van der Waals surface area contributed by atoms with E-state index in [1.54, 1.807) is 6.92 Å². The highest BCUT2D eigenvalue weighted by Gasteiger charge is 2.58. The van der Waals surface area contributed by atoms with Crippen molar-refractivity contribution in [3.63, 3.8) is 0 Å². The Morgan fingerprint density at radius 1 is 0.667 bits per heavy atom. The lowest BCUT2D eigenvalue weighted by atomic mass is 9.93. The third-order valence-electron chi connectivity index (χ3n) is 7.90. The zero-order chi connectivity index (χ0) is 38.8. The van der Waals surface area contributed by atoms with E-state index in [2.05, 4.69) is 12.5 Å². The topological polar surface area (TPSA) is 379 Å². The van der Waals surface area contributed by atoms with Crippen molar-refractivity contribution in [2.45, 2.75) is 119 Å². The Labute approximate surface area is 291 Å². The van der Waals surface area contributed by atoms with Crippen LogP contribution in [0.1, 0.15) is 27.2 Å². The number of aliphatic hydroxyl groups excluding tert-OH is 6. The summed E-state index contributed by atoms with van der Waals surface area (Å²) >= 11 is 0.